The van der Waals surface area contributed by atoms with Gasteiger partial charge in [-0.2, -0.15) is 0 Å². The van der Waals surface area contributed by atoms with Gasteiger partial charge < -0.3 is 14.7 Å². The van der Waals surface area contributed by atoms with Crippen molar-refractivity contribution in [2.75, 3.05) is 45.2 Å². The topological polar surface area (TPSA) is 95.0 Å². The van der Waals surface area contributed by atoms with E-state index in [1.165, 1.54) is 17.4 Å². The van der Waals surface area contributed by atoms with Gasteiger partial charge in [-0.05, 0) is 25.6 Å². The third-order valence-corrected chi connectivity index (χ3v) is 5.16. The van der Waals surface area contributed by atoms with Crippen LogP contribution in [0.2, 0.25) is 0 Å². The number of hydrogen-bond donors (Lipinski definition) is 2. The number of ether oxygens (including phenoxy) is 1. The molecule has 2 amide bonds. The Bertz CT molecular complexity index is 820. The molecule has 1 fully saturated rings. The Balaban J connectivity index is 1.61. The molecule has 146 valence electrons. The zero-order chi connectivity index (χ0) is 19.6. The van der Waals surface area contributed by atoms with E-state index < -0.39 is 5.97 Å². The van der Waals surface area contributed by atoms with Gasteiger partial charge in [0.1, 0.15) is 5.82 Å². The molecule has 2 heterocycles. The number of halogens is 1. The largest absolute Gasteiger partial charge is 0.480 e. The van der Waals surface area contributed by atoms with Crippen LogP contribution in [0.1, 0.15) is 5.56 Å². The molecule has 1 aromatic carbocycles. The number of likely N-dealkylation sites (N-methyl/N-ethyl adjacent to an activating group) is 1. The van der Waals surface area contributed by atoms with Crippen molar-refractivity contribution in [2.24, 2.45) is 0 Å². The van der Waals surface area contributed by atoms with E-state index in [0.29, 0.717) is 42.5 Å². The fraction of sp³-hybridized carbons (Fsp3) is 0.471. The van der Waals surface area contributed by atoms with Crippen molar-refractivity contribution in [1.29, 1.82) is 0 Å². The molecule has 1 aliphatic rings. The molecule has 2 aromatic rings. The summed E-state index contributed by atoms with van der Waals surface area (Å²) in [6.45, 7) is 3.17. The number of nitrogens with zero attached hydrogens (tertiary/aromatic N) is 3. The summed E-state index contributed by atoms with van der Waals surface area (Å²) in [6, 6.07) is 2.77. The van der Waals surface area contributed by atoms with Crippen LogP contribution < -0.4 is 5.32 Å². The van der Waals surface area contributed by atoms with E-state index in [4.69, 9.17) is 9.84 Å². The number of anilines is 1. The van der Waals surface area contributed by atoms with E-state index in [1.54, 1.807) is 29.8 Å². The van der Waals surface area contributed by atoms with Crippen molar-refractivity contribution in [1.82, 2.24) is 14.8 Å². The number of amides is 2. The molecular formula is C17H21FN4O4S. The zero-order valence-corrected chi connectivity index (χ0v) is 15.9. The smallest absolute Gasteiger partial charge is 0.323 e. The van der Waals surface area contributed by atoms with Gasteiger partial charge in [-0.1, -0.05) is 11.3 Å². The Labute approximate surface area is 159 Å². The minimum Gasteiger partial charge on any atom is -0.480 e. The number of rotatable bonds is 5. The summed E-state index contributed by atoms with van der Waals surface area (Å²) in [5, 5.41) is 12.0. The maximum Gasteiger partial charge on any atom is 0.323 e. The number of carbonyl (C=O) groups is 2. The number of benzene rings is 1. The lowest BCUT2D eigenvalue weighted by Crippen LogP contribution is -2.50. The third-order valence-electron chi connectivity index (χ3n) is 4.23. The predicted molar refractivity (Wildman–Crippen MR) is 99.8 cm³/mol. The number of hydrogen-bond acceptors (Lipinski definition) is 6. The Morgan fingerprint density at radius 3 is 3.04 bits per heavy atom. The average molecular weight is 396 g/mol. The van der Waals surface area contributed by atoms with E-state index in [0.717, 1.165) is 4.70 Å². The van der Waals surface area contributed by atoms with Crippen molar-refractivity contribution in [2.45, 2.75) is 13.0 Å². The molecule has 1 unspecified atom stereocenters. The normalized spacial score (nSPS) is 17.5. The molecule has 8 nitrogen and oxygen atoms in total. The van der Waals surface area contributed by atoms with Crippen molar-refractivity contribution in [3.05, 3.63) is 23.5 Å². The lowest BCUT2D eigenvalue weighted by Gasteiger charge is -2.34. The van der Waals surface area contributed by atoms with Crippen molar-refractivity contribution in [3.63, 3.8) is 0 Å². The monoisotopic (exact) mass is 396 g/mol. The van der Waals surface area contributed by atoms with Gasteiger partial charge in [0.25, 0.3) is 0 Å². The Hall–Kier alpha value is -2.30. The molecule has 2 N–H and O–H groups in total. The number of nitrogens with one attached hydrogen (secondary N) is 1. The van der Waals surface area contributed by atoms with Gasteiger partial charge in [0.15, 0.2) is 5.13 Å². The predicted octanol–water partition coefficient (Wildman–Crippen LogP) is 1.99. The maximum atomic E-state index is 13.7. The van der Waals surface area contributed by atoms with Crippen LogP contribution in [0.3, 0.4) is 0 Å². The highest BCUT2D eigenvalue weighted by molar-refractivity contribution is 7.22. The lowest BCUT2D eigenvalue weighted by atomic mass is 10.2. The molecule has 1 saturated heterocycles. The van der Waals surface area contributed by atoms with Crippen LogP contribution in [0.25, 0.3) is 10.2 Å². The van der Waals surface area contributed by atoms with Crippen LogP contribution in [-0.2, 0) is 9.53 Å². The second-order valence-electron chi connectivity index (χ2n) is 6.55. The summed E-state index contributed by atoms with van der Waals surface area (Å²) in [5.74, 6) is -1.24. The number of thiazole rings is 1. The van der Waals surface area contributed by atoms with Gasteiger partial charge in [0.05, 0.1) is 29.5 Å². The maximum absolute atomic E-state index is 13.7. The van der Waals surface area contributed by atoms with Crippen LogP contribution in [0.15, 0.2) is 12.1 Å². The van der Waals surface area contributed by atoms with Gasteiger partial charge in [0.2, 0.25) is 0 Å². The quantitative estimate of drug-likeness (QED) is 0.803. The molecule has 0 bridgehead atoms. The molecule has 10 heteroatoms. The van der Waals surface area contributed by atoms with E-state index in [9.17, 15) is 14.0 Å². The first-order valence-corrected chi connectivity index (χ1v) is 9.28. The Morgan fingerprint density at radius 2 is 2.30 bits per heavy atom. The molecule has 3 rings (SSSR count). The highest BCUT2D eigenvalue weighted by Crippen LogP contribution is 2.28. The zero-order valence-electron chi connectivity index (χ0n) is 15.1. The van der Waals surface area contributed by atoms with E-state index >= 15 is 0 Å². The average Bonchev–Trinajstić information content (AvgIpc) is 2.95. The van der Waals surface area contributed by atoms with Gasteiger partial charge in [-0.15, -0.1) is 0 Å². The number of aromatic nitrogens is 1. The summed E-state index contributed by atoms with van der Waals surface area (Å²) in [6.07, 6.45) is -0.263. The molecule has 0 saturated carbocycles. The van der Waals surface area contributed by atoms with Crippen LogP contribution in [-0.4, -0.2) is 77.8 Å². The molecule has 27 heavy (non-hydrogen) atoms. The minimum atomic E-state index is -0.912. The number of carbonyl (C=O) groups excluding carboxylic acids is 1. The molecule has 0 radical (unpaired) electrons. The Morgan fingerprint density at radius 1 is 1.52 bits per heavy atom. The first kappa shape index (κ1) is 19.5. The number of aryl methyl sites for hydroxylation is 1. The van der Waals surface area contributed by atoms with Crippen molar-refractivity contribution < 1.29 is 23.8 Å². The summed E-state index contributed by atoms with van der Waals surface area (Å²) < 4.78 is 20.1. The first-order valence-electron chi connectivity index (χ1n) is 8.46. The van der Waals surface area contributed by atoms with E-state index in [2.05, 4.69) is 10.3 Å². The molecule has 1 atom stereocenters. The minimum absolute atomic E-state index is 0.0895. The second kappa shape index (κ2) is 8.15. The Kier molecular flexibility index (Phi) is 5.88. The van der Waals surface area contributed by atoms with Crippen molar-refractivity contribution in [3.8, 4) is 0 Å². The van der Waals surface area contributed by atoms with E-state index in [-0.39, 0.29) is 24.5 Å². The van der Waals surface area contributed by atoms with Crippen LogP contribution in [0, 0.1) is 12.7 Å². The number of morpholine rings is 1. The highest BCUT2D eigenvalue weighted by atomic mass is 32.1. The summed E-state index contributed by atoms with van der Waals surface area (Å²) in [7, 11) is 1.69. The highest BCUT2D eigenvalue weighted by Gasteiger charge is 2.26. The van der Waals surface area contributed by atoms with Crippen LogP contribution in [0.4, 0.5) is 14.3 Å². The third kappa shape index (κ3) is 4.90. The molecule has 1 aliphatic heterocycles. The van der Waals surface area contributed by atoms with Crippen molar-refractivity contribution >= 4 is 38.7 Å². The summed E-state index contributed by atoms with van der Waals surface area (Å²) >= 11 is 1.29. The van der Waals surface area contributed by atoms with Gasteiger partial charge in [0, 0.05) is 25.7 Å². The number of carboxylic acids is 1. The fourth-order valence-electron chi connectivity index (χ4n) is 2.93. The van der Waals surface area contributed by atoms with Gasteiger partial charge in [-0.25, -0.2) is 14.2 Å². The fourth-order valence-corrected chi connectivity index (χ4v) is 3.87. The van der Waals surface area contributed by atoms with Gasteiger partial charge >= 0.3 is 12.0 Å². The lowest BCUT2D eigenvalue weighted by molar-refractivity contribution is -0.138. The molecule has 0 aliphatic carbocycles. The standard InChI is InChI=1S/C17H21FN4O4S/c1-10-5-14-13(6-12(10)18)19-16(27-14)20-17(25)22-3-4-26-11(8-22)7-21(2)9-15(23)24/h5-6,11H,3-4,7-9H2,1-2H3,(H,23,24)(H,19,20,25). The van der Waals surface area contributed by atoms with Gasteiger partial charge in [-0.3, -0.25) is 15.0 Å². The van der Waals surface area contributed by atoms with Crippen LogP contribution in [0.5, 0.6) is 0 Å². The second-order valence-corrected chi connectivity index (χ2v) is 7.58. The number of carboxylic acid groups (broad SMARTS) is 1. The van der Waals surface area contributed by atoms with E-state index in [1.807, 2.05) is 0 Å². The molecule has 1 aromatic heterocycles. The number of urea groups is 1. The van der Waals surface area contributed by atoms with Crippen LogP contribution >= 0.6 is 11.3 Å². The summed E-state index contributed by atoms with van der Waals surface area (Å²) in [5.41, 5.74) is 1.04. The molecular weight excluding hydrogens is 375 g/mol. The SMILES string of the molecule is Cc1cc2sc(NC(=O)N3CCOC(CN(C)CC(=O)O)C3)nc2cc1F. The number of aliphatic carboxylic acids is 1. The summed E-state index contributed by atoms with van der Waals surface area (Å²) in [4.78, 5) is 30.8. The number of fused-ring (bicyclic) bond motifs is 1. The molecule has 0 spiro atoms. The first-order chi connectivity index (χ1) is 12.8.